The number of hydrogen-bond acceptors (Lipinski definition) is 5. The van der Waals surface area contributed by atoms with Crippen molar-refractivity contribution in [1.82, 2.24) is 0 Å². The Morgan fingerprint density at radius 1 is 0.557 bits per heavy atom. The number of hydrogen-bond donors (Lipinski definition) is 0. The van der Waals surface area contributed by atoms with Gasteiger partial charge in [0.25, 0.3) is 0 Å². The number of halogens is 15. The molecule has 0 aliphatic heterocycles. The minimum atomic E-state index is -7.65. The third-order valence-corrected chi connectivity index (χ3v) is 44.6. The van der Waals surface area contributed by atoms with Crippen LogP contribution in [0.15, 0.2) is 48.5 Å². The summed E-state index contributed by atoms with van der Waals surface area (Å²) in [6.07, 6.45) is -36.9. The van der Waals surface area contributed by atoms with E-state index in [2.05, 4.69) is 35.7 Å². The number of rotatable bonds is 28. The number of carbonyl (C=O) groups excluding carboxylic acids is 2. The van der Waals surface area contributed by atoms with Gasteiger partial charge in [-0.2, -0.15) is 57.1 Å². The smallest absolute Gasteiger partial charge is 0.318 e. The Labute approximate surface area is 406 Å². The predicted molar refractivity (Wildman–Crippen MR) is 256 cm³/mol. The Morgan fingerprint density at radius 3 is 1.29 bits per heavy atom. The van der Waals surface area contributed by atoms with E-state index in [0.29, 0.717) is 48.4 Å². The topological polar surface area (TPSA) is 68.3 Å². The van der Waals surface area contributed by atoms with E-state index in [9.17, 15) is 58.0 Å². The Kier molecular flexibility index (Phi) is 20.5. The molecule has 0 aliphatic carbocycles. The zero-order valence-corrected chi connectivity index (χ0v) is 47.2. The highest BCUT2D eigenvalue weighted by Gasteiger charge is 2.82. The summed E-state index contributed by atoms with van der Waals surface area (Å²) in [4.78, 5) is 27.3. The second-order valence-electron chi connectivity index (χ2n) is 21.5. The lowest BCUT2D eigenvalue weighted by Crippen LogP contribution is -2.66. The van der Waals surface area contributed by atoms with Crippen molar-refractivity contribution in [2.24, 2.45) is 0 Å². The molecule has 2 amide bonds. The molecule has 70 heavy (non-hydrogen) atoms. The number of anilines is 2. The van der Waals surface area contributed by atoms with Gasteiger partial charge in [0.1, 0.15) is 0 Å². The monoisotopic (exact) mass is 1130 g/mol. The van der Waals surface area contributed by atoms with Crippen LogP contribution in [-0.4, -0.2) is 118 Å². The molecule has 0 saturated heterocycles. The van der Waals surface area contributed by atoms with E-state index in [1.165, 1.54) is 14.7 Å². The third kappa shape index (κ3) is 16.0. The van der Waals surface area contributed by atoms with Gasteiger partial charge < -0.3 is 9.80 Å². The summed E-state index contributed by atoms with van der Waals surface area (Å²) < 4.78 is 221. The van der Waals surface area contributed by atoms with Crippen LogP contribution in [0.4, 0.5) is 77.4 Å². The molecule has 2 atom stereocenters. The molecule has 2 aromatic rings. The van der Waals surface area contributed by atoms with Gasteiger partial charge in [-0.3, -0.25) is 19.1 Å². The largest absolute Gasteiger partial charge is 0.478 e. The summed E-state index contributed by atoms with van der Waals surface area (Å²) in [5.74, 6) is -13.6. The fourth-order valence-corrected chi connectivity index (χ4v) is 53.6. The molecule has 0 bridgehead atoms. The highest BCUT2D eigenvalue weighted by atomic mass is 28.4. The minimum Gasteiger partial charge on any atom is -0.318 e. The van der Waals surface area contributed by atoms with Crippen molar-refractivity contribution < 1.29 is 90.0 Å². The molecule has 0 spiro atoms. The Morgan fingerprint density at radius 2 is 0.957 bits per heavy atom. The molecule has 28 heteroatoms. The first-order chi connectivity index (χ1) is 31.3. The number of nitrogens with zero attached hydrogens (tertiary/aromatic N) is 2. The van der Waals surface area contributed by atoms with Crippen LogP contribution in [0, 0.1) is 0 Å². The lowest BCUT2D eigenvalue weighted by atomic mass is 10.2. The molecular weight excluding hydrogens is 1070 g/mol. The van der Waals surface area contributed by atoms with Crippen molar-refractivity contribution in [3.05, 3.63) is 48.5 Å². The number of benzene rings is 2. The quantitative estimate of drug-likeness (QED) is 0.0482. The summed E-state index contributed by atoms with van der Waals surface area (Å²) in [6.45, 7) is 19.9. The summed E-state index contributed by atoms with van der Waals surface area (Å²) in [7, 11) is -12.0. The van der Waals surface area contributed by atoms with Crippen LogP contribution in [0.3, 0.4) is 0 Å². The van der Waals surface area contributed by atoms with Crippen LogP contribution in [0.25, 0.3) is 0 Å². The Hall–Kier alpha value is -2.49. The van der Waals surface area contributed by atoms with Crippen molar-refractivity contribution in [2.75, 3.05) is 23.9 Å². The van der Waals surface area contributed by atoms with Gasteiger partial charge in [0.2, 0.25) is 12.8 Å². The van der Waals surface area contributed by atoms with Gasteiger partial charge in [-0.25, -0.2) is 4.39 Å². The maximum Gasteiger partial charge on any atom is 0.478 e. The lowest BCUT2D eigenvalue weighted by Gasteiger charge is -2.46. The number of alkyl halides is 14. The fourth-order valence-electron chi connectivity index (χ4n) is 8.92. The van der Waals surface area contributed by atoms with Crippen LogP contribution in [-0.2, 0) is 24.0 Å². The zero-order chi connectivity index (χ0) is 54.6. The standard InChI is InChI=1S/C42H64F15N2O5Si6/c1-58(27-60)32-15-13-17-34(25-32)68(9,10)23-21-66(5,6)30-70(29-65(3)4,31-67(7,8)22-24-69(11,12)35-18-14-16-33(26-35)59(2)28-61)20-19-36(43,38(45,46)47)62-40(51,52)37(44,39(48,49)50)63-41(53,54)42(55,56)64-57/h13-18,25-28H,19-24,29-31H2,1-12H3. The van der Waals surface area contributed by atoms with Crippen molar-refractivity contribution >= 4 is 83.7 Å². The zero-order valence-electron chi connectivity index (χ0n) is 41.2. The van der Waals surface area contributed by atoms with Crippen molar-refractivity contribution in [2.45, 2.75) is 162 Å². The molecule has 401 valence electrons. The van der Waals surface area contributed by atoms with E-state index in [4.69, 9.17) is 0 Å². The maximum atomic E-state index is 16.6. The van der Waals surface area contributed by atoms with Gasteiger partial charge >= 0.3 is 42.4 Å². The second kappa shape index (κ2) is 22.5. The van der Waals surface area contributed by atoms with E-state index >= 15 is 17.6 Å². The summed E-state index contributed by atoms with van der Waals surface area (Å²) in [5, 5.41) is 1.97. The highest BCUT2D eigenvalue weighted by Crippen LogP contribution is 2.56. The molecule has 0 fully saturated rings. The molecule has 0 aromatic heterocycles. The number of amides is 2. The maximum absolute atomic E-state index is 16.6. The molecule has 1 radical (unpaired) electrons. The van der Waals surface area contributed by atoms with Crippen LogP contribution in [0.1, 0.15) is 6.42 Å². The van der Waals surface area contributed by atoms with Gasteiger partial charge in [-0.1, -0.05) is 147 Å². The normalized spacial score (nSPS) is 15.9. The molecule has 0 saturated carbocycles. The molecule has 0 heterocycles. The van der Waals surface area contributed by atoms with Crippen molar-refractivity contribution in [1.29, 1.82) is 0 Å². The molecule has 2 aromatic carbocycles. The first-order valence-electron chi connectivity index (χ1n) is 22.0. The molecule has 7 nitrogen and oxygen atoms in total. The second-order valence-corrected chi connectivity index (χ2v) is 51.0. The highest BCUT2D eigenvalue weighted by molar-refractivity contribution is 7.07. The van der Waals surface area contributed by atoms with Gasteiger partial charge in [-0.05, 0) is 28.8 Å². The molecule has 2 unspecified atom stereocenters. The summed E-state index contributed by atoms with van der Waals surface area (Å²) >= 11 is 0. The van der Waals surface area contributed by atoms with E-state index in [1.54, 1.807) is 38.4 Å². The number of ether oxygens (including phenoxy) is 2. The summed E-state index contributed by atoms with van der Waals surface area (Å²) in [5.41, 5.74) is 2.09. The van der Waals surface area contributed by atoms with E-state index in [1.807, 2.05) is 63.5 Å². The lowest BCUT2D eigenvalue weighted by molar-refractivity contribution is -0.567. The minimum absolute atomic E-state index is 0.264. The SMILES string of the molecule is CN(C=O)c1cccc([Si](C)(C)CC[Si](C)(C)C[Si](CCC(F)(OC(F)(F)C(F)(OC(F)(F)C(F)(F)OF)C(F)(F)F)C(F)(F)F)(C[Si](C)C)C[Si](C)(C)CC[Si](C)(C)c2cccc(N(C)C=O)c2)c1. The Balaban J connectivity index is 2.80. The average Bonchev–Trinajstić information content (AvgIpc) is 3.22. The van der Waals surface area contributed by atoms with Crippen LogP contribution >= 0.6 is 0 Å². The first-order valence-corrected chi connectivity index (χ1v) is 40.8. The van der Waals surface area contributed by atoms with Crippen LogP contribution in [0.2, 0.25) is 113 Å². The average molecular weight is 1130 g/mol. The van der Waals surface area contributed by atoms with E-state index in [-0.39, 0.29) is 17.0 Å². The van der Waals surface area contributed by atoms with Crippen LogP contribution < -0.4 is 20.2 Å². The van der Waals surface area contributed by atoms with Gasteiger partial charge in [-0.15, -0.1) is 4.94 Å². The molecule has 0 N–H and O–H groups in total. The van der Waals surface area contributed by atoms with Gasteiger partial charge in [0.05, 0.1) is 16.1 Å². The van der Waals surface area contributed by atoms with Crippen molar-refractivity contribution in [3.63, 3.8) is 0 Å². The molecular formula is C42H64F15N2O5Si6. The predicted octanol–water partition coefficient (Wildman–Crippen LogP) is 13.2. The third-order valence-electron chi connectivity index (χ3n) is 12.8. The van der Waals surface area contributed by atoms with E-state index in [0.717, 1.165) is 10.4 Å². The first kappa shape index (κ1) is 63.6. The molecule has 0 aliphatic rings. The molecule has 2 rings (SSSR count). The fraction of sp³-hybridized carbons (Fsp3) is 0.667. The summed E-state index contributed by atoms with van der Waals surface area (Å²) in [6, 6.07) is 16.3. The van der Waals surface area contributed by atoms with Crippen LogP contribution in [0.5, 0.6) is 0 Å². The van der Waals surface area contributed by atoms with E-state index < -0.39 is 104 Å². The van der Waals surface area contributed by atoms with Crippen molar-refractivity contribution in [3.8, 4) is 0 Å². The number of carbonyl (C=O) groups is 2. The Bertz CT molecular complexity index is 1980. The van der Waals surface area contributed by atoms with Gasteiger partial charge in [0.15, 0.2) is 0 Å². The van der Waals surface area contributed by atoms with Gasteiger partial charge in [0, 0.05) is 64.9 Å².